The summed E-state index contributed by atoms with van der Waals surface area (Å²) < 4.78 is 6.53. The zero-order valence-electron chi connectivity index (χ0n) is 37.8. The van der Waals surface area contributed by atoms with Crippen LogP contribution in [-0.4, -0.2) is 0 Å². The third-order valence-corrected chi connectivity index (χ3v) is 15.5. The van der Waals surface area contributed by atoms with Crippen molar-refractivity contribution >= 4 is 39.0 Å². The van der Waals surface area contributed by atoms with Gasteiger partial charge in [-0.05, 0) is 138 Å². The molecule has 2 nitrogen and oxygen atoms in total. The van der Waals surface area contributed by atoms with Gasteiger partial charge in [-0.2, -0.15) is 0 Å². The third kappa shape index (κ3) is 5.34. The van der Waals surface area contributed by atoms with E-state index in [4.69, 9.17) is 4.42 Å². The van der Waals surface area contributed by atoms with Crippen LogP contribution in [0.1, 0.15) is 74.9 Å². The van der Waals surface area contributed by atoms with Crippen molar-refractivity contribution in [2.24, 2.45) is 0 Å². The fourth-order valence-corrected chi connectivity index (χ4v) is 12.0. The molecule has 0 radical (unpaired) electrons. The van der Waals surface area contributed by atoms with Crippen molar-refractivity contribution in [2.45, 2.75) is 57.8 Å². The number of nitrogens with zero attached hydrogens (tertiary/aromatic N) is 1. The molecular formula is C63H49NO. The number of benzene rings is 9. The van der Waals surface area contributed by atoms with Crippen LogP contribution in [0.4, 0.5) is 17.1 Å². The Labute approximate surface area is 381 Å². The lowest BCUT2D eigenvalue weighted by atomic mass is 9.81. The number of fused-ring (bicyclic) bond motifs is 12. The summed E-state index contributed by atoms with van der Waals surface area (Å²) in [4.78, 5) is 2.52. The van der Waals surface area contributed by atoms with Crippen molar-refractivity contribution in [3.05, 3.63) is 221 Å². The number of para-hydroxylation sites is 2. The maximum absolute atomic E-state index is 6.53. The van der Waals surface area contributed by atoms with Gasteiger partial charge in [-0.3, -0.25) is 0 Å². The van der Waals surface area contributed by atoms with Crippen LogP contribution in [0.15, 0.2) is 192 Å². The van der Waals surface area contributed by atoms with E-state index in [2.05, 4.69) is 228 Å². The first-order chi connectivity index (χ1) is 31.5. The van der Waals surface area contributed by atoms with E-state index in [0.717, 1.165) is 38.9 Å². The van der Waals surface area contributed by atoms with E-state index in [1.807, 2.05) is 6.07 Å². The van der Waals surface area contributed by atoms with Crippen LogP contribution in [0.5, 0.6) is 0 Å². The van der Waals surface area contributed by atoms with Gasteiger partial charge in [0.25, 0.3) is 0 Å². The smallest absolute Gasteiger partial charge is 0.143 e. The predicted molar refractivity (Wildman–Crippen MR) is 272 cm³/mol. The molecule has 1 aromatic heterocycles. The van der Waals surface area contributed by atoms with Crippen molar-refractivity contribution in [3.8, 4) is 55.6 Å². The second-order valence-electron chi connectivity index (χ2n) is 20.1. The highest BCUT2D eigenvalue weighted by molar-refractivity contribution is 6.09. The summed E-state index contributed by atoms with van der Waals surface area (Å²) in [6.45, 7) is 14.3. The van der Waals surface area contributed by atoms with Crippen LogP contribution in [0.2, 0.25) is 0 Å². The number of anilines is 3. The Morgan fingerprint density at radius 1 is 0.308 bits per heavy atom. The average Bonchev–Trinajstić information content (AvgIpc) is 3.97. The monoisotopic (exact) mass is 835 g/mol. The molecule has 0 fully saturated rings. The Kier molecular flexibility index (Phi) is 7.80. The highest BCUT2D eigenvalue weighted by Gasteiger charge is 2.40. The Morgan fingerprint density at radius 3 is 1.35 bits per heavy atom. The fourth-order valence-electron chi connectivity index (χ4n) is 12.0. The van der Waals surface area contributed by atoms with Crippen LogP contribution in [0.25, 0.3) is 77.6 Å². The van der Waals surface area contributed by atoms with Crippen LogP contribution in [0, 0.1) is 0 Å². The molecule has 0 bridgehead atoms. The molecule has 9 aromatic carbocycles. The van der Waals surface area contributed by atoms with E-state index < -0.39 is 0 Å². The number of rotatable bonds is 5. The summed E-state index contributed by atoms with van der Waals surface area (Å²) in [5, 5.41) is 2.31. The minimum absolute atomic E-state index is 0.127. The minimum Gasteiger partial charge on any atom is -0.455 e. The first kappa shape index (κ1) is 38.1. The lowest BCUT2D eigenvalue weighted by Gasteiger charge is -2.31. The van der Waals surface area contributed by atoms with Gasteiger partial charge in [0, 0.05) is 49.6 Å². The minimum atomic E-state index is -0.246. The predicted octanol–water partition coefficient (Wildman–Crippen LogP) is 17.3. The Bertz CT molecular complexity index is 3640. The van der Waals surface area contributed by atoms with Crippen molar-refractivity contribution < 1.29 is 4.42 Å². The summed E-state index contributed by atoms with van der Waals surface area (Å²) in [5.41, 5.74) is 25.7. The molecule has 0 aliphatic heterocycles. The largest absolute Gasteiger partial charge is 0.455 e. The first-order valence-electron chi connectivity index (χ1n) is 23.1. The number of furan rings is 1. The van der Waals surface area contributed by atoms with Gasteiger partial charge >= 0.3 is 0 Å². The maximum atomic E-state index is 6.53. The molecule has 65 heavy (non-hydrogen) atoms. The van der Waals surface area contributed by atoms with Gasteiger partial charge in [-0.15, -0.1) is 0 Å². The molecule has 0 atom stereocenters. The van der Waals surface area contributed by atoms with E-state index in [1.54, 1.807) is 0 Å². The summed E-state index contributed by atoms with van der Waals surface area (Å²) >= 11 is 0. The van der Waals surface area contributed by atoms with E-state index in [0.29, 0.717) is 0 Å². The third-order valence-electron chi connectivity index (χ3n) is 15.5. The Balaban J connectivity index is 0.949. The van der Waals surface area contributed by atoms with Crippen LogP contribution in [-0.2, 0) is 16.2 Å². The highest BCUT2D eigenvalue weighted by Crippen LogP contribution is 2.56. The molecule has 3 aliphatic rings. The zero-order chi connectivity index (χ0) is 44.0. The molecule has 0 N–H and O–H groups in total. The summed E-state index contributed by atoms with van der Waals surface area (Å²) in [5.74, 6) is 0. The van der Waals surface area contributed by atoms with Gasteiger partial charge in [-0.25, -0.2) is 0 Å². The molecule has 312 valence electrons. The van der Waals surface area contributed by atoms with Gasteiger partial charge in [0.15, 0.2) is 0 Å². The molecule has 0 saturated carbocycles. The highest BCUT2D eigenvalue weighted by atomic mass is 16.3. The van der Waals surface area contributed by atoms with E-state index in [1.165, 1.54) is 89.1 Å². The quantitative estimate of drug-likeness (QED) is 0.172. The van der Waals surface area contributed by atoms with Gasteiger partial charge in [-0.1, -0.05) is 175 Å². The second kappa shape index (κ2) is 13.3. The van der Waals surface area contributed by atoms with Crippen LogP contribution in [0.3, 0.4) is 0 Å². The maximum Gasteiger partial charge on any atom is 0.143 e. The molecule has 13 rings (SSSR count). The molecule has 0 spiro atoms. The average molecular weight is 836 g/mol. The molecule has 1 heterocycles. The van der Waals surface area contributed by atoms with Crippen LogP contribution >= 0.6 is 0 Å². The van der Waals surface area contributed by atoms with Crippen molar-refractivity contribution in [3.63, 3.8) is 0 Å². The Morgan fingerprint density at radius 2 is 0.738 bits per heavy atom. The normalized spacial score (nSPS) is 15.3. The summed E-state index contributed by atoms with van der Waals surface area (Å²) in [6, 6.07) is 70.2. The summed E-state index contributed by atoms with van der Waals surface area (Å²) in [7, 11) is 0. The van der Waals surface area contributed by atoms with Gasteiger partial charge < -0.3 is 9.32 Å². The lowest BCUT2D eigenvalue weighted by molar-refractivity contribution is 0.659. The first-order valence-corrected chi connectivity index (χ1v) is 23.1. The molecule has 3 aliphatic carbocycles. The standard InChI is InChI=1S/C63H49NO/c1-61(2)53-21-12-10-17-45(53)48-30-25-41(35-56(48)61)64(42-26-31-49-46-28-23-39(38-15-8-7-9-16-38)33-54(46)62(3,4)57(49)36-42)43-27-32-50-47-29-24-40(34-55(47)63(5,6)58(50)37-43)44-19-14-20-52-51-18-11-13-22-59(51)65-60(44)52/h7-37H,1-6H3. The SMILES string of the molecule is CC1(C)c2ccccc2-c2ccc(N(c3ccc4c(c3)C(C)(C)c3cc(-c5ccccc5)ccc3-4)c3ccc4c(c3)C(C)(C)c3cc(-c5cccc6c5oc5ccccc56)ccc3-4)cc21. The lowest BCUT2D eigenvalue weighted by Crippen LogP contribution is -2.19. The molecule has 10 aromatic rings. The van der Waals surface area contributed by atoms with Crippen molar-refractivity contribution in [1.82, 2.24) is 0 Å². The molecule has 2 heteroatoms. The molecule has 0 saturated heterocycles. The topological polar surface area (TPSA) is 16.4 Å². The number of hydrogen-bond donors (Lipinski definition) is 0. The molecule has 0 amide bonds. The molecular weight excluding hydrogens is 787 g/mol. The molecule has 0 unspecified atom stereocenters. The number of hydrogen-bond acceptors (Lipinski definition) is 2. The zero-order valence-corrected chi connectivity index (χ0v) is 37.8. The second-order valence-corrected chi connectivity index (χ2v) is 20.1. The van der Waals surface area contributed by atoms with E-state index >= 15 is 0 Å². The van der Waals surface area contributed by atoms with Gasteiger partial charge in [0.1, 0.15) is 11.2 Å². The van der Waals surface area contributed by atoms with E-state index in [-0.39, 0.29) is 16.2 Å². The van der Waals surface area contributed by atoms with E-state index in [9.17, 15) is 0 Å². The van der Waals surface area contributed by atoms with Crippen molar-refractivity contribution in [1.29, 1.82) is 0 Å². The van der Waals surface area contributed by atoms with Gasteiger partial charge in [0.05, 0.1) is 0 Å². The fraction of sp³-hybridized carbons (Fsp3) is 0.143. The Hall–Kier alpha value is -7.42. The summed E-state index contributed by atoms with van der Waals surface area (Å²) in [6.07, 6.45) is 0. The van der Waals surface area contributed by atoms with Gasteiger partial charge in [0.2, 0.25) is 0 Å². The van der Waals surface area contributed by atoms with Crippen molar-refractivity contribution in [2.75, 3.05) is 4.90 Å². The van der Waals surface area contributed by atoms with Crippen LogP contribution < -0.4 is 4.90 Å².